The summed E-state index contributed by atoms with van der Waals surface area (Å²) in [5.74, 6) is 0.0968. The number of carbonyl (C=O) groups is 3. The van der Waals surface area contributed by atoms with E-state index in [4.69, 9.17) is 13.9 Å². The highest BCUT2D eigenvalue weighted by atomic mass is 28.4. The molecule has 3 aromatic rings. The Balaban J connectivity index is 0.000000301. The number of benzene rings is 3. The highest BCUT2D eigenvalue weighted by Crippen LogP contribution is 2.17. The summed E-state index contributed by atoms with van der Waals surface area (Å²) < 4.78 is 16.4. The minimum atomic E-state index is -1.75. The standard InChI is InChI=1S/C19H18O3.C16H24O4Si/c1-2-3-9-18(20)22-14-15-10-12-17(13-11-15)19(21)16-7-5-4-6-8-16;1-6-21(4,5)20-12-11-19-14-9-7-13(8-10-14)15(17)16(2,3)18/h2,4-8,10-13H,1,3,9,14H2;6-10,18H,1,11-12H2,2-5H3. The zero-order valence-corrected chi connectivity index (χ0v) is 26.5. The Kier molecular flexibility index (Phi) is 14.0. The smallest absolute Gasteiger partial charge is 0.306 e. The van der Waals surface area contributed by atoms with E-state index in [1.54, 1.807) is 66.7 Å². The summed E-state index contributed by atoms with van der Waals surface area (Å²) in [5.41, 5.74) is 3.11. The molecule has 0 aliphatic rings. The number of Topliss-reactive ketones (excluding diaryl/α,β-unsaturated/α-hetero) is 1. The van der Waals surface area contributed by atoms with Crippen LogP contribution in [0.2, 0.25) is 13.1 Å². The molecule has 43 heavy (non-hydrogen) atoms. The predicted octanol–water partition coefficient (Wildman–Crippen LogP) is 6.89. The number of ketones is 2. The van der Waals surface area contributed by atoms with E-state index in [0.717, 1.165) is 5.56 Å². The molecule has 1 N–H and O–H groups in total. The van der Waals surface area contributed by atoms with E-state index >= 15 is 0 Å². The highest BCUT2D eigenvalue weighted by Gasteiger charge is 2.25. The van der Waals surface area contributed by atoms with E-state index in [1.165, 1.54) is 13.8 Å². The Bertz CT molecular complexity index is 1340. The van der Waals surface area contributed by atoms with Crippen molar-refractivity contribution in [3.8, 4) is 5.75 Å². The van der Waals surface area contributed by atoms with Crippen LogP contribution in [-0.4, -0.2) is 49.8 Å². The molecule has 0 bridgehead atoms. The average Bonchev–Trinajstić information content (AvgIpc) is 3.01. The zero-order chi connectivity index (χ0) is 31.9. The zero-order valence-electron chi connectivity index (χ0n) is 25.5. The third-order valence-electron chi connectivity index (χ3n) is 6.19. The number of rotatable bonds is 15. The van der Waals surface area contributed by atoms with E-state index in [-0.39, 0.29) is 24.1 Å². The van der Waals surface area contributed by atoms with Crippen molar-refractivity contribution in [3.63, 3.8) is 0 Å². The summed E-state index contributed by atoms with van der Waals surface area (Å²) in [6, 6.07) is 23.0. The fraction of sp³-hybridized carbons (Fsp3) is 0.286. The summed E-state index contributed by atoms with van der Waals surface area (Å²) in [7, 11) is -1.75. The third kappa shape index (κ3) is 12.7. The first-order chi connectivity index (χ1) is 20.4. The van der Waals surface area contributed by atoms with Gasteiger partial charge in [0.15, 0.2) is 11.6 Å². The molecule has 8 heteroatoms. The van der Waals surface area contributed by atoms with Crippen LogP contribution in [0, 0.1) is 0 Å². The van der Waals surface area contributed by atoms with Crippen molar-refractivity contribution < 1.29 is 33.4 Å². The largest absolute Gasteiger partial charge is 0.491 e. The molecule has 0 unspecified atom stereocenters. The van der Waals surface area contributed by atoms with Crippen LogP contribution in [0.1, 0.15) is 58.5 Å². The van der Waals surface area contributed by atoms with Crippen LogP contribution in [0.5, 0.6) is 5.75 Å². The van der Waals surface area contributed by atoms with E-state index < -0.39 is 13.9 Å². The van der Waals surface area contributed by atoms with Crippen molar-refractivity contribution in [2.45, 2.75) is 52.0 Å². The Labute approximate surface area is 255 Å². The maximum absolute atomic E-state index is 12.2. The molecule has 0 spiro atoms. The number of ether oxygens (including phenoxy) is 2. The fourth-order valence-corrected chi connectivity index (χ4v) is 4.27. The van der Waals surface area contributed by atoms with Gasteiger partial charge in [0.25, 0.3) is 0 Å². The first-order valence-electron chi connectivity index (χ1n) is 14.1. The van der Waals surface area contributed by atoms with Crippen LogP contribution in [0.25, 0.3) is 0 Å². The first-order valence-corrected chi connectivity index (χ1v) is 17.1. The van der Waals surface area contributed by atoms with Gasteiger partial charge in [-0.2, -0.15) is 0 Å². The minimum Gasteiger partial charge on any atom is -0.491 e. The number of esters is 1. The Morgan fingerprint density at radius 1 is 0.837 bits per heavy atom. The molecule has 3 aromatic carbocycles. The van der Waals surface area contributed by atoms with Gasteiger partial charge in [0, 0.05) is 23.1 Å². The second-order valence-corrected chi connectivity index (χ2v) is 14.7. The van der Waals surface area contributed by atoms with E-state index in [2.05, 4.69) is 26.3 Å². The summed E-state index contributed by atoms with van der Waals surface area (Å²) in [4.78, 5) is 35.5. The van der Waals surface area contributed by atoms with Gasteiger partial charge in [-0.25, -0.2) is 0 Å². The van der Waals surface area contributed by atoms with E-state index in [9.17, 15) is 19.5 Å². The lowest BCUT2D eigenvalue weighted by Crippen LogP contribution is -2.31. The normalized spacial score (nSPS) is 11.0. The maximum atomic E-state index is 12.2. The molecule has 7 nitrogen and oxygen atoms in total. The lowest BCUT2D eigenvalue weighted by Gasteiger charge is -2.18. The molecule has 0 heterocycles. The van der Waals surface area contributed by atoms with Crippen LogP contribution in [0.3, 0.4) is 0 Å². The van der Waals surface area contributed by atoms with Crippen molar-refractivity contribution in [3.05, 3.63) is 126 Å². The molecule has 0 saturated carbocycles. The second-order valence-electron chi connectivity index (χ2n) is 10.8. The lowest BCUT2D eigenvalue weighted by molar-refractivity contribution is -0.144. The summed E-state index contributed by atoms with van der Waals surface area (Å²) in [6.45, 7) is 15.6. The molecule has 0 aliphatic carbocycles. The topological polar surface area (TPSA) is 99.1 Å². The van der Waals surface area contributed by atoms with Gasteiger partial charge in [0.1, 0.15) is 24.6 Å². The molecule has 228 valence electrons. The Morgan fingerprint density at radius 2 is 1.42 bits per heavy atom. The molecule has 0 saturated heterocycles. The van der Waals surface area contributed by atoms with Crippen molar-refractivity contribution in [2.24, 2.45) is 0 Å². The lowest BCUT2D eigenvalue weighted by atomic mass is 9.97. The fourth-order valence-electron chi connectivity index (χ4n) is 3.54. The number of hydrogen-bond acceptors (Lipinski definition) is 7. The van der Waals surface area contributed by atoms with Gasteiger partial charge in [0.05, 0.1) is 6.61 Å². The molecular weight excluding hydrogens is 560 g/mol. The van der Waals surface area contributed by atoms with Crippen LogP contribution in [-0.2, 0) is 20.6 Å². The van der Waals surface area contributed by atoms with Gasteiger partial charge in [0.2, 0.25) is 8.32 Å². The molecule has 0 aromatic heterocycles. The average molecular weight is 603 g/mol. The third-order valence-corrected chi connectivity index (χ3v) is 8.13. The monoisotopic (exact) mass is 602 g/mol. The Morgan fingerprint density at radius 3 is 1.98 bits per heavy atom. The van der Waals surface area contributed by atoms with Gasteiger partial charge in [-0.05, 0) is 63.2 Å². The molecule has 0 aliphatic heterocycles. The minimum absolute atomic E-state index is 0.0184. The SMILES string of the molecule is C=CCCC(=O)OCc1ccc(C(=O)c2ccccc2)cc1.C=C[Si](C)(C)OCCOc1ccc(C(=O)C(C)(C)O)cc1. The van der Waals surface area contributed by atoms with Gasteiger partial charge < -0.3 is 19.0 Å². The molecule has 0 atom stereocenters. The Hall–Kier alpha value is -4.11. The van der Waals surface area contributed by atoms with Crippen LogP contribution in [0.15, 0.2) is 104 Å². The first kappa shape index (κ1) is 35.1. The van der Waals surface area contributed by atoms with Gasteiger partial charge >= 0.3 is 5.97 Å². The molecule has 0 radical (unpaired) electrons. The highest BCUT2D eigenvalue weighted by molar-refractivity contribution is 6.76. The molecule has 0 amide bonds. The van der Waals surface area contributed by atoms with E-state index in [1.807, 2.05) is 23.9 Å². The molecule has 3 rings (SSSR count). The van der Waals surface area contributed by atoms with Crippen molar-refractivity contribution in [1.82, 2.24) is 0 Å². The number of aliphatic hydroxyl groups is 1. The van der Waals surface area contributed by atoms with Crippen LogP contribution < -0.4 is 4.74 Å². The van der Waals surface area contributed by atoms with Gasteiger partial charge in [-0.3, -0.25) is 14.4 Å². The molecule has 0 fully saturated rings. The quantitative estimate of drug-likeness (QED) is 0.0665. The number of hydrogen-bond donors (Lipinski definition) is 1. The van der Waals surface area contributed by atoms with Crippen molar-refractivity contribution >= 4 is 25.9 Å². The van der Waals surface area contributed by atoms with Crippen LogP contribution in [0.4, 0.5) is 0 Å². The number of carbonyl (C=O) groups excluding carboxylic acids is 3. The number of allylic oxidation sites excluding steroid dienone is 1. The second kappa shape index (κ2) is 17.1. The van der Waals surface area contributed by atoms with Gasteiger partial charge in [-0.1, -0.05) is 66.4 Å². The van der Waals surface area contributed by atoms with Gasteiger partial charge in [-0.15, -0.1) is 13.2 Å². The molecular formula is C35H42O7Si. The maximum Gasteiger partial charge on any atom is 0.306 e. The predicted molar refractivity (Wildman–Crippen MR) is 172 cm³/mol. The van der Waals surface area contributed by atoms with Crippen molar-refractivity contribution in [1.29, 1.82) is 0 Å². The summed E-state index contributed by atoms with van der Waals surface area (Å²) >= 11 is 0. The van der Waals surface area contributed by atoms with Crippen LogP contribution >= 0.6 is 0 Å². The summed E-state index contributed by atoms with van der Waals surface area (Å²) in [6.07, 6.45) is 2.64. The van der Waals surface area contributed by atoms with E-state index in [0.29, 0.717) is 48.5 Å². The summed E-state index contributed by atoms with van der Waals surface area (Å²) in [5, 5.41) is 9.68. The van der Waals surface area contributed by atoms with Crippen molar-refractivity contribution in [2.75, 3.05) is 13.2 Å².